The van der Waals surface area contributed by atoms with Crippen molar-refractivity contribution in [3.8, 4) is 0 Å². The molecule has 1 aromatic carbocycles. The largest absolute Gasteiger partial charge is 0.480 e. The first-order valence-corrected chi connectivity index (χ1v) is 6.25. The predicted molar refractivity (Wildman–Crippen MR) is 74.3 cm³/mol. The smallest absolute Gasteiger partial charge is 0.326 e. The number of nitrogens with zero attached hydrogens (tertiary/aromatic N) is 1. The number of carboxylic acids is 1. The van der Waals surface area contributed by atoms with Crippen LogP contribution in [0.1, 0.15) is 43.6 Å². The number of carbonyl (C=O) groups is 2. The Morgan fingerprint density at radius 2 is 1.63 bits per heavy atom. The average Bonchev–Trinajstić information content (AvgIpc) is 2.35. The van der Waals surface area contributed by atoms with E-state index in [-0.39, 0.29) is 11.3 Å². The Labute approximate surface area is 114 Å². The normalized spacial score (nSPS) is 12.9. The molecule has 1 unspecified atom stereocenters. The van der Waals surface area contributed by atoms with Crippen LogP contribution in [0.4, 0.5) is 0 Å². The highest BCUT2D eigenvalue weighted by molar-refractivity contribution is 5.96. The molecule has 0 aromatic heterocycles. The van der Waals surface area contributed by atoms with Gasteiger partial charge in [-0.15, -0.1) is 0 Å². The summed E-state index contributed by atoms with van der Waals surface area (Å²) in [7, 11) is 1.50. The third kappa shape index (κ3) is 3.56. The molecule has 1 rings (SSSR count). The van der Waals surface area contributed by atoms with Crippen LogP contribution >= 0.6 is 0 Å². The predicted octanol–water partition coefficient (Wildman–Crippen LogP) is 2.53. The zero-order valence-electron chi connectivity index (χ0n) is 12.1. The number of carboxylic acid groups (broad SMARTS) is 1. The van der Waals surface area contributed by atoms with Gasteiger partial charge in [0.05, 0.1) is 0 Å². The number of benzene rings is 1. The number of hydrogen-bond acceptors (Lipinski definition) is 2. The fraction of sp³-hybridized carbons (Fsp3) is 0.467. The van der Waals surface area contributed by atoms with Gasteiger partial charge in [-0.05, 0) is 30.0 Å². The van der Waals surface area contributed by atoms with Crippen LogP contribution in [-0.4, -0.2) is 35.0 Å². The number of amides is 1. The maximum Gasteiger partial charge on any atom is 0.326 e. The minimum absolute atomic E-state index is 0.0296. The first kappa shape index (κ1) is 15.2. The lowest BCUT2D eigenvalue weighted by Crippen LogP contribution is -2.40. The molecule has 0 radical (unpaired) electrons. The lowest BCUT2D eigenvalue weighted by molar-refractivity contribution is -0.141. The third-order valence-corrected chi connectivity index (χ3v) is 3.26. The maximum atomic E-state index is 12.1. The van der Waals surface area contributed by atoms with Crippen molar-refractivity contribution < 1.29 is 14.7 Å². The molecule has 1 atom stereocenters. The van der Waals surface area contributed by atoms with E-state index in [1.54, 1.807) is 12.1 Å². The van der Waals surface area contributed by atoms with Gasteiger partial charge in [-0.1, -0.05) is 32.9 Å². The second kappa shape index (κ2) is 5.43. The molecule has 0 fully saturated rings. The Morgan fingerprint density at radius 3 is 2.00 bits per heavy atom. The molecule has 1 amide bonds. The van der Waals surface area contributed by atoms with Gasteiger partial charge in [-0.3, -0.25) is 4.79 Å². The summed E-state index contributed by atoms with van der Waals surface area (Å²) in [5.41, 5.74) is 1.67. The lowest BCUT2D eigenvalue weighted by atomic mass is 9.86. The molecule has 0 spiro atoms. The highest BCUT2D eigenvalue weighted by Gasteiger charge is 2.23. The van der Waals surface area contributed by atoms with Gasteiger partial charge in [-0.2, -0.15) is 0 Å². The second-order valence-corrected chi connectivity index (χ2v) is 5.76. The second-order valence-electron chi connectivity index (χ2n) is 5.76. The van der Waals surface area contributed by atoms with Crippen LogP contribution in [-0.2, 0) is 10.2 Å². The minimum Gasteiger partial charge on any atom is -0.480 e. The first-order chi connectivity index (χ1) is 8.64. The number of hydrogen-bond donors (Lipinski definition) is 1. The molecule has 0 saturated heterocycles. The van der Waals surface area contributed by atoms with Crippen molar-refractivity contribution in [2.75, 3.05) is 7.05 Å². The van der Waals surface area contributed by atoms with E-state index in [0.29, 0.717) is 5.56 Å². The average molecular weight is 263 g/mol. The molecule has 0 aliphatic rings. The molecule has 1 N–H and O–H groups in total. The fourth-order valence-corrected chi connectivity index (χ4v) is 1.66. The molecule has 0 bridgehead atoms. The summed E-state index contributed by atoms with van der Waals surface area (Å²) in [6.07, 6.45) is 0. The van der Waals surface area contributed by atoms with Gasteiger partial charge < -0.3 is 10.0 Å². The zero-order chi connectivity index (χ0) is 14.8. The molecule has 0 aliphatic heterocycles. The monoisotopic (exact) mass is 263 g/mol. The van der Waals surface area contributed by atoms with E-state index in [1.807, 2.05) is 12.1 Å². The summed E-state index contributed by atoms with van der Waals surface area (Å²) in [6.45, 7) is 7.79. The fourth-order valence-electron chi connectivity index (χ4n) is 1.66. The summed E-state index contributed by atoms with van der Waals surface area (Å²) < 4.78 is 0. The number of aliphatic carboxylic acids is 1. The van der Waals surface area contributed by atoms with Crippen LogP contribution in [0, 0.1) is 0 Å². The van der Waals surface area contributed by atoms with Gasteiger partial charge in [0.25, 0.3) is 5.91 Å². The SMILES string of the molecule is CC(C(=O)O)N(C)C(=O)c1ccc(C(C)(C)C)cc1. The molecule has 104 valence electrons. The van der Waals surface area contributed by atoms with Crippen LogP contribution in [0.2, 0.25) is 0 Å². The van der Waals surface area contributed by atoms with Crippen LogP contribution < -0.4 is 0 Å². The minimum atomic E-state index is -1.01. The van der Waals surface area contributed by atoms with E-state index in [1.165, 1.54) is 18.9 Å². The van der Waals surface area contributed by atoms with Crippen LogP contribution in [0.25, 0.3) is 0 Å². The molecular weight excluding hydrogens is 242 g/mol. The number of carbonyl (C=O) groups excluding carboxylic acids is 1. The summed E-state index contributed by atoms with van der Waals surface area (Å²) in [5, 5.41) is 8.91. The third-order valence-electron chi connectivity index (χ3n) is 3.26. The Hall–Kier alpha value is -1.84. The quantitative estimate of drug-likeness (QED) is 0.911. The maximum absolute atomic E-state index is 12.1. The van der Waals surface area contributed by atoms with Crippen LogP contribution in [0.3, 0.4) is 0 Å². The Morgan fingerprint density at radius 1 is 1.16 bits per heavy atom. The summed E-state index contributed by atoms with van der Waals surface area (Å²) in [5.74, 6) is -1.29. The Balaban J connectivity index is 2.93. The van der Waals surface area contributed by atoms with Gasteiger partial charge in [-0.25, -0.2) is 4.79 Å². The molecule has 19 heavy (non-hydrogen) atoms. The number of likely N-dealkylation sites (N-methyl/N-ethyl adjacent to an activating group) is 1. The zero-order valence-corrected chi connectivity index (χ0v) is 12.1. The van der Waals surface area contributed by atoms with Crippen LogP contribution in [0.5, 0.6) is 0 Å². The summed E-state index contributed by atoms with van der Waals surface area (Å²) in [6, 6.07) is 6.47. The molecule has 0 aliphatic carbocycles. The standard InChI is InChI=1S/C15H21NO3/c1-10(14(18)19)16(5)13(17)11-6-8-12(9-7-11)15(2,3)4/h6-10H,1-5H3,(H,18,19). The van der Waals surface area contributed by atoms with Gasteiger partial charge in [0.15, 0.2) is 0 Å². The molecule has 4 heteroatoms. The van der Waals surface area contributed by atoms with Crippen molar-refractivity contribution in [3.63, 3.8) is 0 Å². The van der Waals surface area contributed by atoms with Crippen molar-refractivity contribution in [1.29, 1.82) is 0 Å². The van der Waals surface area contributed by atoms with Gasteiger partial charge in [0.2, 0.25) is 0 Å². The van der Waals surface area contributed by atoms with E-state index < -0.39 is 12.0 Å². The Kier molecular flexibility index (Phi) is 4.35. The van der Waals surface area contributed by atoms with E-state index in [4.69, 9.17) is 5.11 Å². The van der Waals surface area contributed by atoms with Crippen molar-refractivity contribution in [3.05, 3.63) is 35.4 Å². The van der Waals surface area contributed by atoms with Crippen molar-refractivity contribution in [2.45, 2.75) is 39.2 Å². The lowest BCUT2D eigenvalue weighted by Gasteiger charge is -2.23. The molecule has 0 heterocycles. The van der Waals surface area contributed by atoms with E-state index >= 15 is 0 Å². The van der Waals surface area contributed by atoms with Gasteiger partial charge in [0.1, 0.15) is 6.04 Å². The highest BCUT2D eigenvalue weighted by atomic mass is 16.4. The molecule has 1 aromatic rings. The van der Waals surface area contributed by atoms with E-state index in [9.17, 15) is 9.59 Å². The number of rotatable bonds is 3. The summed E-state index contributed by atoms with van der Waals surface area (Å²) >= 11 is 0. The van der Waals surface area contributed by atoms with Crippen molar-refractivity contribution in [1.82, 2.24) is 4.90 Å². The molecule has 4 nitrogen and oxygen atoms in total. The van der Waals surface area contributed by atoms with Crippen molar-refractivity contribution in [2.24, 2.45) is 0 Å². The molecule has 0 saturated carbocycles. The topological polar surface area (TPSA) is 57.6 Å². The van der Waals surface area contributed by atoms with Crippen LogP contribution in [0.15, 0.2) is 24.3 Å². The summed E-state index contributed by atoms with van der Waals surface area (Å²) in [4.78, 5) is 24.2. The first-order valence-electron chi connectivity index (χ1n) is 6.25. The van der Waals surface area contributed by atoms with Gasteiger partial charge in [0, 0.05) is 12.6 Å². The Bertz CT molecular complexity index is 471. The molecular formula is C15H21NO3. The van der Waals surface area contributed by atoms with E-state index in [0.717, 1.165) is 5.56 Å². The highest BCUT2D eigenvalue weighted by Crippen LogP contribution is 2.22. The van der Waals surface area contributed by atoms with E-state index in [2.05, 4.69) is 20.8 Å². The van der Waals surface area contributed by atoms with Crippen molar-refractivity contribution >= 4 is 11.9 Å². The van der Waals surface area contributed by atoms with Gasteiger partial charge >= 0.3 is 5.97 Å².